The Kier molecular flexibility index (Phi) is 5.00. The SMILES string of the molecule is N/C(CCN1CCCSCC1)=N\O. The number of thioether (sulfide) groups is 1. The maximum atomic E-state index is 8.36. The molecule has 3 N–H and O–H groups in total. The Hall–Kier alpha value is -0.420. The largest absolute Gasteiger partial charge is 0.409 e. The Balaban J connectivity index is 2.19. The van der Waals surface area contributed by atoms with Gasteiger partial charge in [0, 0.05) is 25.3 Å². The monoisotopic (exact) mass is 203 g/mol. The molecule has 0 aromatic rings. The summed E-state index contributed by atoms with van der Waals surface area (Å²) in [6.45, 7) is 3.19. The molecule has 0 aliphatic carbocycles. The molecule has 5 heteroatoms. The Labute approximate surface area is 83.2 Å². The molecule has 0 atom stereocenters. The van der Waals surface area contributed by atoms with E-state index in [-0.39, 0.29) is 0 Å². The maximum Gasteiger partial charge on any atom is 0.140 e. The van der Waals surface area contributed by atoms with Gasteiger partial charge in [-0.25, -0.2) is 0 Å². The van der Waals surface area contributed by atoms with Crippen LogP contribution >= 0.6 is 11.8 Å². The van der Waals surface area contributed by atoms with Crippen molar-refractivity contribution in [2.24, 2.45) is 10.9 Å². The molecule has 1 saturated heterocycles. The van der Waals surface area contributed by atoms with Gasteiger partial charge in [-0.15, -0.1) is 0 Å². The van der Waals surface area contributed by atoms with Crippen molar-refractivity contribution in [1.82, 2.24) is 4.90 Å². The highest BCUT2D eigenvalue weighted by Gasteiger charge is 2.08. The van der Waals surface area contributed by atoms with E-state index in [1.165, 1.54) is 17.9 Å². The van der Waals surface area contributed by atoms with Gasteiger partial charge in [-0.2, -0.15) is 11.8 Å². The second-order valence-electron chi connectivity index (χ2n) is 3.15. The second kappa shape index (κ2) is 6.10. The summed E-state index contributed by atoms with van der Waals surface area (Å²) in [6, 6.07) is 0. The maximum absolute atomic E-state index is 8.36. The van der Waals surface area contributed by atoms with Crippen molar-refractivity contribution in [3.8, 4) is 0 Å². The summed E-state index contributed by atoms with van der Waals surface area (Å²) in [5, 5.41) is 11.3. The summed E-state index contributed by atoms with van der Waals surface area (Å²) < 4.78 is 0. The van der Waals surface area contributed by atoms with Crippen molar-refractivity contribution in [1.29, 1.82) is 0 Å². The molecule has 76 valence electrons. The van der Waals surface area contributed by atoms with Gasteiger partial charge in [0.1, 0.15) is 5.84 Å². The molecule has 0 unspecified atom stereocenters. The first-order valence-corrected chi connectivity index (χ1v) is 5.75. The molecule has 0 spiro atoms. The fourth-order valence-electron chi connectivity index (χ4n) is 1.34. The predicted octanol–water partition coefficient (Wildman–Crippen LogP) is 0.562. The molecule has 1 aliphatic rings. The van der Waals surface area contributed by atoms with Crippen LogP contribution in [-0.2, 0) is 0 Å². The van der Waals surface area contributed by atoms with E-state index in [1.807, 2.05) is 11.8 Å². The lowest BCUT2D eigenvalue weighted by Gasteiger charge is -2.18. The van der Waals surface area contributed by atoms with Crippen LogP contribution in [0.25, 0.3) is 0 Å². The number of amidine groups is 1. The summed E-state index contributed by atoms with van der Waals surface area (Å²) >= 11 is 2.01. The number of hydrogen-bond acceptors (Lipinski definition) is 4. The van der Waals surface area contributed by atoms with Crippen LogP contribution in [0.5, 0.6) is 0 Å². The molecule has 0 saturated carbocycles. The Bertz CT molecular complexity index is 167. The summed E-state index contributed by atoms with van der Waals surface area (Å²) in [5.41, 5.74) is 5.40. The summed E-state index contributed by atoms with van der Waals surface area (Å²) in [4.78, 5) is 2.37. The quantitative estimate of drug-likeness (QED) is 0.304. The highest BCUT2D eigenvalue weighted by atomic mass is 32.2. The molecule has 1 aliphatic heterocycles. The van der Waals surface area contributed by atoms with E-state index in [0.717, 1.165) is 19.6 Å². The fraction of sp³-hybridized carbons (Fsp3) is 0.875. The van der Waals surface area contributed by atoms with Crippen molar-refractivity contribution in [3.05, 3.63) is 0 Å². The topological polar surface area (TPSA) is 61.8 Å². The minimum atomic E-state index is 0.330. The molecule has 0 aromatic carbocycles. The zero-order chi connectivity index (χ0) is 9.52. The average Bonchev–Trinajstić information content (AvgIpc) is 2.42. The molecule has 0 bridgehead atoms. The van der Waals surface area contributed by atoms with Gasteiger partial charge in [0.05, 0.1) is 0 Å². The van der Waals surface area contributed by atoms with Crippen LogP contribution < -0.4 is 5.73 Å². The lowest BCUT2D eigenvalue weighted by molar-refractivity contribution is 0.295. The minimum absolute atomic E-state index is 0.330. The first-order valence-electron chi connectivity index (χ1n) is 4.59. The van der Waals surface area contributed by atoms with Gasteiger partial charge in [-0.1, -0.05) is 5.16 Å². The van der Waals surface area contributed by atoms with Crippen LogP contribution in [0.3, 0.4) is 0 Å². The molecular formula is C8H17N3OS. The molecule has 4 nitrogen and oxygen atoms in total. The minimum Gasteiger partial charge on any atom is -0.409 e. The van der Waals surface area contributed by atoms with Crippen LogP contribution in [0.1, 0.15) is 12.8 Å². The Morgan fingerprint density at radius 2 is 2.31 bits per heavy atom. The third kappa shape index (κ3) is 4.38. The van der Waals surface area contributed by atoms with Crippen molar-refractivity contribution >= 4 is 17.6 Å². The van der Waals surface area contributed by atoms with Gasteiger partial charge in [-0.3, -0.25) is 0 Å². The molecule has 0 amide bonds. The standard InChI is InChI=1S/C8H17N3OS/c9-8(10-12)2-4-11-3-1-6-13-7-5-11/h12H,1-7H2,(H2,9,10). The van der Waals surface area contributed by atoms with Gasteiger partial charge in [0.15, 0.2) is 0 Å². The molecule has 1 fully saturated rings. The number of nitrogens with zero attached hydrogens (tertiary/aromatic N) is 2. The van der Waals surface area contributed by atoms with Gasteiger partial charge in [0.2, 0.25) is 0 Å². The highest BCUT2D eigenvalue weighted by Crippen LogP contribution is 2.09. The Morgan fingerprint density at radius 3 is 3.08 bits per heavy atom. The lowest BCUT2D eigenvalue weighted by Crippen LogP contribution is -2.30. The van der Waals surface area contributed by atoms with E-state index in [2.05, 4.69) is 10.1 Å². The molecule has 1 heterocycles. The summed E-state index contributed by atoms with van der Waals surface area (Å²) in [7, 11) is 0. The second-order valence-corrected chi connectivity index (χ2v) is 4.37. The van der Waals surface area contributed by atoms with Gasteiger partial charge >= 0.3 is 0 Å². The first kappa shape index (κ1) is 10.7. The smallest absolute Gasteiger partial charge is 0.140 e. The van der Waals surface area contributed by atoms with Crippen molar-refractivity contribution in [2.75, 3.05) is 31.1 Å². The zero-order valence-corrected chi connectivity index (χ0v) is 8.59. The van der Waals surface area contributed by atoms with Crippen LogP contribution in [0.4, 0.5) is 0 Å². The summed E-state index contributed by atoms with van der Waals surface area (Å²) in [5.74, 6) is 2.80. The van der Waals surface area contributed by atoms with E-state index < -0.39 is 0 Å². The fourth-order valence-corrected chi connectivity index (χ4v) is 2.27. The lowest BCUT2D eigenvalue weighted by atomic mass is 10.3. The van der Waals surface area contributed by atoms with E-state index in [1.54, 1.807) is 0 Å². The van der Waals surface area contributed by atoms with E-state index in [0.29, 0.717) is 12.3 Å². The Morgan fingerprint density at radius 1 is 1.46 bits per heavy atom. The average molecular weight is 203 g/mol. The van der Waals surface area contributed by atoms with Crippen molar-refractivity contribution < 1.29 is 5.21 Å². The van der Waals surface area contributed by atoms with Crippen LogP contribution in [0.15, 0.2) is 5.16 Å². The van der Waals surface area contributed by atoms with Crippen LogP contribution in [0.2, 0.25) is 0 Å². The van der Waals surface area contributed by atoms with Crippen molar-refractivity contribution in [2.45, 2.75) is 12.8 Å². The van der Waals surface area contributed by atoms with Gasteiger partial charge in [0.25, 0.3) is 0 Å². The van der Waals surface area contributed by atoms with E-state index in [4.69, 9.17) is 10.9 Å². The van der Waals surface area contributed by atoms with Gasteiger partial charge in [-0.05, 0) is 18.7 Å². The molecular weight excluding hydrogens is 186 g/mol. The number of hydrogen-bond donors (Lipinski definition) is 2. The van der Waals surface area contributed by atoms with Gasteiger partial charge < -0.3 is 15.8 Å². The number of nitrogens with two attached hydrogens (primary N) is 1. The molecule has 0 radical (unpaired) electrons. The summed E-state index contributed by atoms with van der Waals surface area (Å²) in [6.07, 6.45) is 1.92. The highest BCUT2D eigenvalue weighted by molar-refractivity contribution is 7.99. The molecule has 1 rings (SSSR count). The van der Waals surface area contributed by atoms with E-state index >= 15 is 0 Å². The third-order valence-corrected chi connectivity index (χ3v) is 3.18. The molecule has 0 aromatic heterocycles. The molecule has 13 heavy (non-hydrogen) atoms. The normalized spacial score (nSPS) is 21.4. The zero-order valence-electron chi connectivity index (χ0n) is 7.78. The third-order valence-electron chi connectivity index (χ3n) is 2.13. The van der Waals surface area contributed by atoms with E-state index in [9.17, 15) is 0 Å². The predicted molar refractivity (Wildman–Crippen MR) is 56.4 cm³/mol. The number of oxime groups is 1. The van der Waals surface area contributed by atoms with Crippen LogP contribution in [0, 0.1) is 0 Å². The first-order chi connectivity index (χ1) is 6.33. The number of rotatable bonds is 3. The van der Waals surface area contributed by atoms with Crippen LogP contribution in [-0.4, -0.2) is 47.1 Å². The van der Waals surface area contributed by atoms with Crippen molar-refractivity contribution in [3.63, 3.8) is 0 Å².